The number of amides is 1. The summed E-state index contributed by atoms with van der Waals surface area (Å²) in [5, 5.41) is 0. The maximum absolute atomic E-state index is 13.4. The number of likely N-dealkylation sites (N-methyl/N-ethyl adjacent to an activating group) is 1. The maximum atomic E-state index is 13.4. The predicted octanol–water partition coefficient (Wildman–Crippen LogP) is 5.29. The number of piperazine rings is 1. The molecule has 0 radical (unpaired) electrons. The lowest BCUT2D eigenvalue weighted by Gasteiger charge is -2.47. The summed E-state index contributed by atoms with van der Waals surface area (Å²) in [6.45, 7) is 5.14. The summed E-state index contributed by atoms with van der Waals surface area (Å²) in [6.07, 6.45) is 10.3. The largest absolute Gasteiger partial charge is 0.340 e. The molecule has 2 aromatic rings. The SMILES string of the molecule is CCC1=C(n2ccnc2-c2cccc(Br)c2)N=C2C(=CC1)N(C)C(=O)C1(CC)CCCN21. The minimum absolute atomic E-state index is 0.196. The van der Waals surface area contributed by atoms with Crippen molar-refractivity contribution in [1.82, 2.24) is 19.4 Å². The number of hydrogen-bond acceptors (Lipinski definition) is 4. The molecule has 166 valence electrons. The third kappa shape index (κ3) is 3.09. The van der Waals surface area contributed by atoms with Crippen molar-refractivity contribution < 1.29 is 4.79 Å². The maximum Gasteiger partial charge on any atom is 0.252 e. The highest BCUT2D eigenvalue weighted by molar-refractivity contribution is 9.10. The van der Waals surface area contributed by atoms with Crippen LogP contribution in [-0.2, 0) is 4.79 Å². The van der Waals surface area contributed by atoms with Crippen LogP contribution in [0.15, 0.2) is 63.5 Å². The van der Waals surface area contributed by atoms with Crippen molar-refractivity contribution >= 4 is 33.5 Å². The Morgan fingerprint density at radius 2 is 2.09 bits per heavy atom. The molecular weight excluding hydrogens is 466 g/mol. The Hall–Kier alpha value is -2.67. The molecule has 3 aliphatic rings. The summed E-state index contributed by atoms with van der Waals surface area (Å²) in [7, 11) is 1.90. The fraction of sp³-hybridized carbons (Fsp3) is 0.400. The Bertz CT molecular complexity index is 1180. The number of aliphatic imine (C=N–C) groups is 1. The monoisotopic (exact) mass is 493 g/mol. The number of fused-ring (bicyclic) bond motifs is 3. The third-order valence-electron chi connectivity index (χ3n) is 7.07. The quantitative estimate of drug-likeness (QED) is 0.580. The second-order valence-corrected chi connectivity index (χ2v) is 9.56. The van der Waals surface area contributed by atoms with E-state index in [9.17, 15) is 4.79 Å². The van der Waals surface area contributed by atoms with Crippen LogP contribution >= 0.6 is 15.9 Å². The zero-order valence-corrected chi connectivity index (χ0v) is 20.4. The molecule has 0 N–H and O–H groups in total. The number of hydrogen-bond donors (Lipinski definition) is 0. The lowest BCUT2D eigenvalue weighted by atomic mass is 9.88. The summed E-state index contributed by atoms with van der Waals surface area (Å²) >= 11 is 3.58. The van der Waals surface area contributed by atoms with Gasteiger partial charge in [0.15, 0.2) is 5.84 Å². The number of nitrogens with zero attached hydrogens (tertiary/aromatic N) is 5. The first kappa shape index (κ1) is 21.2. The van der Waals surface area contributed by atoms with Crippen LogP contribution in [0.3, 0.4) is 0 Å². The van der Waals surface area contributed by atoms with E-state index in [4.69, 9.17) is 4.99 Å². The predicted molar refractivity (Wildman–Crippen MR) is 131 cm³/mol. The Morgan fingerprint density at radius 3 is 2.84 bits per heavy atom. The molecule has 0 aliphatic carbocycles. The van der Waals surface area contributed by atoms with Crippen LogP contribution in [0.2, 0.25) is 0 Å². The van der Waals surface area contributed by atoms with Crippen molar-refractivity contribution in [3.05, 3.63) is 58.5 Å². The number of halogens is 1. The molecule has 0 saturated carbocycles. The number of rotatable bonds is 4. The average Bonchev–Trinajstić information content (AvgIpc) is 3.42. The van der Waals surface area contributed by atoms with Crippen LogP contribution in [-0.4, -0.2) is 50.2 Å². The summed E-state index contributed by atoms with van der Waals surface area (Å²) in [5.74, 6) is 2.89. The van der Waals surface area contributed by atoms with E-state index in [2.05, 4.69) is 62.4 Å². The zero-order chi connectivity index (χ0) is 22.5. The summed E-state index contributed by atoms with van der Waals surface area (Å²) in [5.41, 5.74) is 2.71. The van der Waals surface area contributed by atoms with Gasteiger partial charge in [0.1, 0.15) is 17.2 Å². The van der Waals surface area contributed by atoms with Crippen molar-refractivity contribution in [2.45, 2.75) is 51.5 Å². The lowest BCUT2D eigenvalue weighted by molar-refractivity contribution is -0.139. The number of carbonyl (C=O) groups is 1. The van der Waals surface area contributed by atoms with E-state index >= 15 is 0 Å². The molecule has 1 aromatic carbocycles. The first-order valence-corrected chi connectivity index (χ1v) is 12.2. The van der Waals surface area contributed by atoms with E-state index in [-0.39, 0.29) is 5.91 Å². The van der Waals surface area contributed by atoms with Crippen LogP contribution in [0.5, 0.6) is 0 Å². The van der Waals surface area contributed by atoms with Crippen molar-refractivity contribution in [3.63, 3.8) is 0 Å². The topological polar surface area (TPSA) is 53.7 Å². The van der Waals surface area contributed by atoms with E-state index in [1.165, 1.54) is 5.57 Å². The number of imidazole rings is 1. The van der Waals surface area contributed by atoms with E-state index in [1.807, 2.05) is 36.5 Å². The van der Waals surface area contributed by atoms with Crippen LogP contribution in [0.25, 0.3) is 17.2 Å². The van der Waals surface area contributed by atoms with Gasteiger partial charge in [0.05, 0.1) is 5.70 Å². The molecule has 7 heteroatoms. The van der Waals surface area contributed by atoms with Crippen LogP contribution < -0.4 is 0 Å². The highest BCUT2D eigenvalue weighted by Crippen LogP contribution is 2.42. The van der Waals surface area contributed by atoms with Crippen molar-refractivity contribution in [1.29, 1.82) is 0 Å². The highest BCUT2D eigenvalue weighted by atomic mass is 79.9. The standard InChI is InChI=1S/C25H28BrN5O/c1-4-17-10-11-20-23(31-14-7-12-25(31,5-2)24(32)29(20)3)28-22(17)30-15-13-27-21(30)18-8-6-9-19(26)16-18/h6,8-9,11,13,15-16H,4-5,7,10,12,14H2,1-3H3. The number of carbonyl (C=O) groups excluding carboxylic acids is 1. The molecule has 3 aliphatic heterocycles. The number of aromatic nitrogens is 2. The summed E-state index contributed by atoms with van der Waals surface area (Å²) in [4.78, 5) is 27.5. The second kappa shape index (κ2) is 8.03. The first-order chi connectivity index (χ1) is 15.5. The Kier molecular flexibility index (Phi) is 5.32. The molecule has 6 nitrogen and oxygen atoms in total. The van der Waals surface area contributed by atoms with E-state index in [1.54, 1.807) is 0 Å². The lowest BCUT2D eigenvalue weighted by Crippen LogP contribution is -2.63. The molecule has 1 atom stereocenters. The van der Waals surface area contributed by atoms with Crippen LogP contribution in [0.1, 0.15) is 46.0 Å². The molecule has 4 heterocycles. The fourth-order valence-electron chi connectivity index (χ4n) is 5.32. The molecule has 5 rings (SSSR count). The third-order valence-corrected chi connectivity index (χ3v) is 7.56. The first-order valence-electron chi connectivity index (χ1n) is 11.4. The van der Waals surface area contributed by atoms with Gasteiger partial charge in [-0.2, -0.15) is 0 Å². The minimum atomic E-state index is -0.477. The van der Waals surface area contributed by atoms with Gasteiger partial charge >= 0.3 is 0 Å². The van der Waals surface area contributed by atoms with Crippen molar-refractivity contribution in [2.75, 3.05) is 13.6 Å². The fourth-order valence-corrected chi connectivity index (χ4v) is 5.72. The smallest absolute Gasteiger partial charge is 0.252 e. The van der Waals surface area contributed by atoms with Gasteiger partial charge in [0, 0.05) is 36.0 Å². The van der Waals surface area contributed by atoms with Crippen LogP contribution in [0, 0.1) is 0 Å². The number of amidine groups is 1. The van der Waals surface area contributed by atoms with E-state index in [0.717, 1.165) is 71.9 Å². The molecule has 1 unspecified atom stereocenters. The molecule has 1 amide bonds. The molecular formula is C25H28BrN5O. The highest BCUT2D eigenvalue weighted by Gasteiger charge is 2.53. The molecule has 0 bridgehead atoms. The summed E-state index contributed by atoms with van der Waals surface area (Å²) in [6, 6.07) is 8.18. The van der Waals surface area contributed by atoms with Crippen molar-refractivity contribution in [2.24, 2.45) is 4.99 Å². The normalized spacial score (nSPS) is 23.1. The van der Waals surface area contributed by atoms with Gasteiger partial charge in [-0.3, -0.25) is 9.36 Å². The molecule has 32 heavy (non-hydrogen) atoms. The second-order valence-electron chi connectivity index (χ2n) is 8.65. The Labute approximate surface area is 197 Å². The van der Waals surface area contributed by atoms with Gasteiger partial charge in [-0.25, -0.2) is 9.98 Å². The number of benzene rings is 1. The summed E-state index contributed by atoms with van der Waals surface area (Å²) < 4.78 is 3.12. The Balaban J connectivity index is 1.68. The van der Waals surface area contributed by atoms with Gasteiger partial charge in [0.2, 0.25) is 0 Å². The van der Waals surface area contributed by atoms with E-state index in [0.29, 0.717) is 0 Å². The number of allylic oxidation sites excluding steroid dienone is 2. The zero-order valence-electron chi connectivity index (χ0n) is 18.8. The Morgan fingerprint density at radius 1 is 1.25 bits per heavy atom. The van der Waals surface area contributed by atoms with E-state index < -0.39 is 5.54 Å². The minimum Gasteiger partial charge on any atom is -0.340 e. The molecule has 1 aromatic heterocycles. The van der Waals surface area contributed by atoms with Gasteiger partial charge in [0.25, 0.3) is 5.91 Å². The molecule has 2 saturated heterocycles. The molecule has 2 fully saturated rings. The molecule has 0 spiro atoms. The average molecular weight is 494 g/mol. The van der Waals surface area contributed by atoms with Gasteiger partial charge in [-0.1, -0.05) is 48.0 Å². The van der Waals surface area contributed by atoms with Gasteiger partial charge < -0.3 is 9.80 Å². The van der Waals surface area contributed by atoms with Gasteiger partial charge in [-0.05, 0) is 49.8 Å². The van der Waals surface area contributed by atoms with Gasteiger partial charge in [-0.15, -0.1) is 0 Å². The van der Waals surface area contributed by atoms with Crippen molar-refractivity contribution in [3.8, 4) is 11.4 Å². The van der Waals surface area contributed by atoms with Crippen LogP contribution in [0.4, 0.5) is 0 Å².